The molecule has 5 heteroatoms. The van der Waals surface area contributed by atoms with Gasteiger partial charge in [-0.15, -0.1) is 0 Å². The fourth-order valence-corrected chi connectivity index (χ4v) is 7.91. The zero-order valence-corrected chi connectivity index (χ0v) is 45.5. The lowest BCUT2D eigenvalue weighted by molar-refractivity contribution is -0.161. The summed E-state index contributed by atoms with van der Waals surface area (Å²) in [5.74, 6) is -0.662. The monoisotopic (exact) mass is 969 g/mol. The molecule has 0 aromatic heterocycles. The molecular formula is C65H108O5. The second-order valence-corrected chi connectivity index (χ2v) is 19.0. The van der Waals surface area contributed by atoms with Crippen molar-refractivity contribution >= 4 is 11.9 Å². The van der Waals surface area contributed by atoms with Crippen LogP contribution in [-0.2, 0) is 19.1 Å². The summed E-state index contributed by atoms with van der Waals surface area (Å²) in [7, 11) is 0. The van der Waals surface area contributed by atoms with E-state index in [0.717, 1.165) is 83.5 Å². The molecule has 0 aromatic carbocycles. The number of aliphatic hydroxyl groups excluding tert-OH is 1. The molecule has 0 saturated carbocycles. The van der Waals surface area contributed by atoms with E-state index in [1.165, 1.54) is 141 Å². The Morgan fingerprint density at radius 3 is 0.986 bits per heavy atom. The van der Waals surface area contributed by atoms with Crippen LogP contribution in [0.3, 0.4) is 0 Å². The van der Waals surface area contributed by atoms with E-state index in [0.29, 0.717) is 12.8 Å². The number of unbranched alkanes of at least 4 members (excludes halogenated alkanes) is 24. The molecule has 70 heavy (non-hydrogen) atoms. The van der Waals surface area contributed by atoms with Crippen LogP contribution in [0, 0.1) is 0 Å². The first-order valence-corrected chi connectivity index (χ1v) is 29.1. The van der Waals surface area contributed by atoms with Gasteiger partial charge >= 0.3 is 11.9 Å². The lowest BCUT2D eigenvalue weighted by Gasteiger charge is -2.15. The van der Waals surface area contributed by atoms with Gasteiger partial charge in [-0.05, 0) is 103 Å². The van der Waals surface area contributed by atoms with E-state index in [9.17, 15) is 14.7 Å². The summed E-state index contributed by atoms with van der Waals surface area (Å²) >= 11 is 0. The normalized spacial score (nSPS) is 13.1. The van der Waals surface area contributed by atoms with Crippen LogP contribution in [0.25, 0.3) is 0 Å². The molecule has 0 heterocycles. The number of carbonyl (C=O) groups is 2. The Kier molecular flexibility index (Phi) is 56.5. The highest BCUT2D eigenvalue weighted by Gasteiger charge is 2.16. The van der Waals surface area contributed by atoms with Gasteiger partial charge in [0.25, 0.3) is 0 Å². The molecule has 0 aromatic rings. The highest BCUT2D eigenvalue weighted by atomic mass is 16.6. The van der Waals surface area contributed by atoms with Gasteiger partial charge in [0.2, 0.25) is 0 Å². The molecule has 0 amide bonds. The zero-order chi connectivity index (χ0) is 50.6. The van der Waals surface area contributed by atoms with Crippen LogP contribution >= 0.6 is 0 Å². The number of ether oxygens (including phenoxy) is 2. The van der Waals surface area contributed by atoms with Crippen LogP contribution in [0.5, 0.6) is 0 Å². The van der Waals surface area contributed by atoms with E-state index in [2.05, 4.69) is 135 Å². The minimum Gasteiger partial charge on any atom is -0.462 e. The molecule has 0 fully saturated rings. The zero-order valence-electron chi connectivity index (χ0n) is 45.5. The molecule has 0 rings (SSSR count). The van der Waals surface area contributed by atoms with Gasteiger partial charge in [-0.1, -0.05) is 264 Å². The van der Waals surface area contributed by atoms with E-state index >= 15 is 0 Å². The Labute approximate surface area is 433 Å². The smallest absolute Gasteiger partial charge is 0.306 e. The fourth-order valence-electron chi connectivity index (χ4n) is 7.91. The number of esters is 2. The van der Waals surface area contributed by atoms with E-state index in [1.807, 2.05) is 0 Å². The Hall–Kier alpha value is -3.70. The van der Waals surface area contributed by atoms with Gasteiger partial charge in [0.1, 0.15) is 6.61 Å². The van der Waals surface area contributed by atoms with Crippen molar-refractivity contribution in [3.63, 3.8) is 0 Å². The molecular weight excluding hydrogens is 861 g/mol. The first kappa shape index (κ1) is 66.3. The highest BCUT2D eigenvalue weighted by molar-refractivity contribution is 5.70. The molecule has 0 aliphatic carbocycles. The number of carbonyl (C=O) groups excluding carboxylic acids is 2. The summed E-state index contributed by atoms with van der Waals surface area (Å²) in [6.07, 6.45) is 87.5. The van der Waals surface area contributed by atoms with Crippen LogP contribution in [0.2, 0.25) is 0 Å². The average molecular weight is 970 g/mol. The molecule has 5 nitrogen and oxygen atoms in total. The summed E-state index contributed by atoms with van der Waals surface area (Å²) in [6, 6.07) is 0. The standard InChI is InChI=1S/C65H108O5/c1-3-5-7-9-11-13-15-17-19-21-23-25-27-29-31-32-34-36-38-40-42-44-46-48-50-52-54-56-58-60-65(68)70-63(61-66)62-69-64(67)59-57-55-53-51-49-47-45-43-41-39-37-35-33-30-28-26-24-22-20-18-16-14-12-10-8-6-4-2/h5,7,11,13,17,19,22-25,29,31,34,36,40,42,46,48,52,54,63,66H,3-4,6,8-10,12,14-16,18,20-21,26-28,30,32-33,35,37-39,41,43-45,47,49-51,53,55-62H2,1-2H3/b7-5-,13-11-,19-17-,24-22-,25-23-,31-29-,36-34-,42-40-,48-46-,54-52-. The summed E-state index contributed by atoms with van der Waals surface area (Å²) in [4.78, 5) is 24.5. The third-order valence-electron chi connectivity index (χ3n) is 12.2. The van der Waals surface area contributed by atoms with Crippen molar-refractivity contribution in [2.75, 3.05) is 13.2 Å². The third-order valence-corrected chi connectivity index (χ3v) is 12.2. The summed E-state index contributed by atoms with van der Waals surface area (Å²) in [5, 5.41) is 9.65. The second kappa shape index (κ2) is 59.6. The molecule has 0 radical (unpaired) electrons. The average Bonchev–Trinajstić information content (AvgIpc) is 3.36. The lowest BCUT2D eigenvalue weighted by Crippen LogP contribution is -2.28. The van der Waals surface area contributed by atoms with Crippen LogP contribution in [0.1, 0.15) is 258 Å². The Morgan fingerprint density at radius 1 is 0.343 bits per heavy atom. The molecule has 1 unspecified atom stereocenters. The molecule has 0 spiro atoms. The maximum Gasteiger partial charge on any atom is 0.306 e. The first-order chi connectivity index (χ1) is 34.6. The number of hydrogen-bond donors (Lipinski definition) is 1. The summed E-state index contributed by atoms with van der Waals surface area (Å²) < 4.78 is 10.7. The Bertz CT molecular complexity index is 1420. The number of aliphatic hydroxyl groups is 1. The van der Waals surface area contributed by atoms with Crippen LogP contribution in [0.15, 0.2) is 122 Å². The second-order valence-electron chi connectivity index (χ2n) is 19.0. The topological polar surface area (TPSA) is 72.8 Å². The Balaban J connectivity index is 3.62. The van der Waals surface area contributed by atoms with E-state index in [4.69, 9.17) is 9.47 Å². The van der Waals surface area contributed by atoms with Crippen molar-refractivity contribution in [1.29, 1.82) is 0 Å². The highest BCUT2D eigenvalue weighted by Crippen LogP contribution is 2.15. The quantitative estimate of drug-likeness (QED) is 0.0374. The van der Waals surface area contributed by atoms with Crippen LogP contribution in [0.4, 0.5) is 0 Å². The van der Waals surface area contributed by atoms with Gasteiger partial charge in [0.15, 0.2) is 6.10 Å². The molecule has 0 aliphatic rings. The van der Waals surface area contributed by atoms with E-state index in [1.54, 1.807) is 0 Å². The van der Waals surface area contributed by atoms with Gasteiger partial charge in [-0.3, -0.25) is 9.59 Å². The maximum absolute atomic E-state index is 12.3. The minimum absolute atomic E-state index is 0.0949. The summed E-state index contributed by atoms with van der Waals surface area (Å²) in [6.45, 7) is 3.99. The van der Waals surface area contributed by atoms with Gasteiger partial charge in [-0.2, -0.15) is 0 Å². The molecule has 0 aliphatic heterocycles. The van der Waals surface area contributed by atoms with Crippen molar-refractivity contribution in [3.8, 4) is 0 Å². The predicted molar refractivity (Wildman–Crippen MR) is 306 cm³/mol. The minimum atomic E-state index is -0.812. The van der Waals surface area contributed by atoms with Gasteiger partial charge < -0.3 is 14.6 Å². The first-order valence-electron chi connectivity index (χ1n) is 29.1. The molecule has 1 N–H and O–H groups in total. The third kappa shape index (κ3) is 56.9. The van der Waals surface area contributed by atoms with Gasteiger partial charge in [0.05, 0.1) is 6.61 Å². The SMILES string of the molecule is CC/C=C\C/C=C\C/C=C\C/C=C\C/C=C\C/C=C\C/C=C\C/C=C\C/C=C\CCCC(=O)OC(CO)COC(=O)CCCCCCCCCCCCCCCCC/C=C\CCCCCCCCCC. The summed E-state index contributed by atoms with van der Waals surface area (Å²) in [5.41, 5.74) is 0. The van der Waals surface area contributed by atoms with Crippen LogP contribution < -0.4 is 0 Å². The van der Waals surface area contributed by atoms with Crippen molar-refractivity contribution in [1.82, 2.24) is 0 Å². The van der Waals surface area contributed by atoms with E-state index in [-0.39, 0.29) is 31.6 Å². The molecule has 0 bridgehead atoms. The lowest BCUT2D eigenvalue weighted by atomic mass is 10.0. The van der Waals surface area contributed by atoms with Crippen LogP contribution in [-0.4, -0.2) is 36.4 Å². The van der Waals surface area contributed by atoms with Crippen molar-refractivity contribution < 1.29 is 24.2 Å². The largest absolute Gasteiger partial charge is 0.462 e. The Morgan fingerprint density at radius 2 is 0.629 bits per heavy atom. The van der Waals surface area contributed by atoms with Gasteiger partial charge in [0, 0.05) is 12.8 Å². The maximum atomic E-state index is 12.3. The van der Waals surface area contributed by atoms with Crippen molar-refractivity contribution in [2.45, 2.75) is 264 Å². The molecule has 0 saturated heterocycles. The number of rotatable bonds is 52. The molecule has 398 valence electrons. The fraction of sp³-hybridized carbons (Fsp3) is 0.662. The number of allylic oxidation sites excluding steroid dienone is 20. The number of hydrogen-bond acceptors (Lipinski definition) is 5. The van der Waals surface area contributed by atoms with Crippen molar-refractivity contribution in [2.24, 2.45) is 0 Å². The molecule has 1 atom stereocenters. The predicted octanol–water partition coefficient (Wildman–Crippen LogP) is 19.9. The van der Waals surface area contributed by atoms with Gasteiger partial charge in [-0.25, -0.2) is 0 Å². The van der Waals surface area contributed by atoms with Crippen molar-refractivity contribution in [3.05, 3.63) is 122 Å². The van der Waals surface area contributed by atoms with E-state index < -0.39 is 6.10 Å².